The van der Waals surface area contributed by atoms with Crippen LogP contribution in [0.25, 0.3) is 0 Å². The van der Waals surface area contributed by atoms with Gasteiger partial charge in [0, 0.05) is 0 Å². The highest BCUT2D eigenvalue weighted by molar-refractivity contribution is 5.29. The largest absolute Gasteiger partial charge is 0.491 e. The van der Waals surface area contributed by atoms with E-state index in [0.717, 1.165) is 52.6 Å². The van der Waals surface area contributed by atoms with Gasteiger partial charge in [-0.2, -0.15) is 0 Å². The number of ether oxygens (including phenoxy) is 11. The third-order valence-electron chi connectivity index (χ3n) is 18.9. The normalized spacial score (nSPS) is 12.3. The number of hydrogen-bond acceptors (Lipinski definition) is 35. The summed E-state index contributed by atoms with van der Waals surface area (Å²) in [5.74, 6) is 2.70. The van der Waals surface area contributed by atoms with Gasteiger partial charge in [-0.25, -0.2) is 0 Å². The van der Waals surface area contributed by atoms with E-state index in [9.17, 15) is 5.11 Å². The third-order valence-corrected chi connectivity index (χ3v) is 18.9. The van der Waals surface area contributed by atoms with Crippen LogP contribution in [0.15, 0.2) is 291 Å². The van der Waals surface area contributed by atoms with Crippen molar-refractivity contribution in [2.24, 2.45) is 0 Å². The molecule has 0 heterocycles. The molecule has 0 saturated heterocycles. The number of aliphatic hydroxyl groups is 24. The van der Waals surface area contributed by atoms with Gasteiger partial charge >= 0.3 is 0 Å². The van der Waals surface area contributed by atoms with Gasteiger partial charge in [0.2, 0.25) is 0 Å². The summed E-state index contributed by atoms with van der Waals surface area (Å²) in [6, 6.07) is 92.1. The van der Waals surface area contributed by atoms with Crippen LogP contribution in [0.3, 0.4) is 0 Å². The molecular weight excluding hydrogens is 1870 g/mol. The lowest BCUT2D eigenvalue weighted by Gasteiger charge is -2.19. The fraction of sp³-hybridized carbons (Fsp3) is 0.450. The Labute approximate surface area is 846 Å². The summed E-state index contributed by atoms with van der Waals surface area (Å²) in [6.45, 7) is 6.76. The molecule has 0 aliphatic heterocycles. The average molecular weight is 2030 g/mol. The van der Waals surface area contributed by atoms with E-state index in [-0.39, 0.29) is 171 Å². The summed E-state index contributed by atoms with van der Waals surface area (Å²) in [5, 5.41) is 209. The van der Waals surface area contributed by atoms with Crippen molar-refractivity contribution in [2.45, 2.75) is 146 Å². The molecule has 8 atom stereocenters. The van der Waals surface area contributed by atoms with Crippen molar-refractivity contribution in [1.29, 1.82) is 0 Å². The number of hydrogen-bond donors (Lipinski definition) is 24. The molecular formula is C109H160O35. The summed E-state index contributed by atoms with van der Waals surface area (Å²) >= 11 is 0. The quantitative estimate of drug-likeness (QED) is 0.0225. The van der Waals surface area contributed by atoms with Gasteiger partial charge in [0.15, 0.2) is 0 Å². The van der Waals surface area contributed by atoms with Crippen molar-refractivity contribution in [1.82, 2.24) is 0 Å². The minimum absolute atomic E-state index is 0.00704. The van der Waals surface area contributed by atoms with Gasteiger partial charge in [-0.15, -0.1) is 0 Å². The van der Waals surface area contributed by atoms with Gasteiger partial charge in [0.1, 0.15) is 103 Å². The lowest BCUT2D eigenvalue weighted by molar-refractivity contribution is -0.0576. The zero-order chi connectivity index (χ0) is 107. The molecule has 0 spiro atoms. The molecule has 144 heavy (non-hydrogen) atoms. The van der Waals surface area contributed by atoms with Crippen LogP contribution in [-0.4, -0.2) is 368 Å². The molecule has 0 aliphatic carbocycles. The Kier molecular flexibility index (Phi) is 86.6. The highest BCUT2D eigenvalue weighted by atomic mass is 16.5. The molecule has 0 aliphatic rings. The summed E-state index contributed by atoms with van der Waals surface area (Å²) in [6.07, 6.45) is -5.57. The van der Waals surface area contributed by atoms with Gasteiger partial charge in [-0.05, 0) is 128 Å². The van der Waals surface area contributed by atoms with Crippen LogP contribution >= 0.6 is 0 Å². The van der Waals surface area contributed by atoms with Gasteiger partial charge < -0.3 is 175 Å². The van der Waals surface area contributed by atoms with Crippen LogP contribution in [0, 0.1) is 13.8 Å². The Morgan fingerprint density at radius 3 is 0.938 bits per heavy atom. The molecule has 35 heteroatoms. The minimum atomic E-state index is -0.916. The highest BCUT2D eigenvalue weighted by Crippen LogP contribution is 2.22. The smallest absolute Gasteiger partial charge is 0.145 e. The second-order valence-corrected chi connectivity index (χ2v) is 31.4. The van der Waals surface area contributed by atoms with Crippen LogP contribution in [0.5, 0.6) is 23.0 Å². The molecule has 10 rings (SSSR count). The number of aryl methyl sites for hydroxylation is 2. The Morgan fingerprint density at radius 2 is 0.549 bits per heavy atom. The second-order valence-electron chi connectivity index (χ2n) is 31.4. The Morgan fingerprint density at radius 1 is 0.236 bits per heavy atom. The maximum Gasteiger partial charge on any atom is 0.145 e. The van der Waals surface area contributed by atoms with E-state index in [1.54, 1.807) is 30.3 Å². The van der Waals surface area contributed by atoms with Crippen LogP contribution in [0.1, 0.15) is 77.0 Å². The molecule has 24 N–H and O–H groups in total. The summed E-state index contributed by atoms with van der Waals surface area (Å²) < 4.78 is 57.4. The molecule has 0 fully saturated rings. The van der Waals surface area contributed by atoms with E-state index < -0.39 is 73.2 Å². The maximum absolute atomic E-state index is 9.17. The van der Waals surface area contributed by atoms with E-state index in [1.807, 2.05) is 289 Å². The standard InChI is InChI=1S/C12H18O3.3C11H16O3.4C10H14O3.2C9H12O3.C6H14O5/c1-2-12(15-9-11(14)8-13)10-6-4-3-5-7-10;1-9(14-11(7-12)8-13)10-5-3-2-4-6-10;12-8-11(13)9-14-7-6-10-4-2-1-3-5-10;12-8-11(9-13)14-7-6-10-4-2-1-3-5-10;1-8-2-4-9(5-3-8)13-10(6-11)7-12;1-8-3-2-4-9(5-8)13-10(6-11)7-12;11-6-10(7-12)13-8-9-4-2-1-3-5-9;11-6-10(12)8-13-7-9-4-2-1-3-5-9;10-6-8(11)7-12-9-4-2-1-3-5-9;10-6-9(7-11)12-8-4-2-1-3-5-8;7-1-5(9)3-11-4-6(10)2-8/h3-7,11-14H,2,8-9H2,1H3;2-6,9,11-13H,7-8H2,1H3;2*1-5,11-13H,6-9H2;2*2-5,10-12H,6-7H2,1H3;2*1-5,10-12H,6-8H2;1-5,8,10-11H,6-7H2;1-5,9-11H,6-7H2;5-10H,1-4H2. The van der Waals surface area contributed by atoms with Crippen molar-refractivity contribution in [3.8, 4) is 23.0 Å². The predicted molar refractivity (Wildman–Crippen MR) is 546 cm³/mol. The lowest BCUT2D eigenvalue weighted by atomic mass is 10.1. The van der Waals surface area contributed by atoms with E-state index in [4.69, 9.17) is 170 Å². The third kappa shape index (κ3) is 73.3. The van der Waals surface area contributed by atoms with Gasteiger partial charge in [0.25, 0.3) is 0 Å². The van der Waals surface area contributed by atoms with Crippen molar-refractivity contribution in [3.05, 3.63) is 336 Å². The lowest BCUT2D eigenvalue weighted by Crippen LogP contribution is -2.25. The van der Waals surface area contributed by atoms with Crippen LogP contribution in [0.2, 0.25) is 0 Å². The first-order valence-corrected chi connectivity index (χ1v) is 47.2. The maximum atomic E-state index is 9.17. The molecule has 35 nitrogen and oxygen atoms in total. The van der Waals surface area contributed by atoms with Gasteiger partial charge in [0.05, 0.1) is 191 Å². The average Bonchev–Trinajstić information content (AvgIpc) is 1.46. The molecule has 10 aromatic rings. The zero-order valence-corrected chi connectivity index (χ0v) is 82.9. The Balaban J connectivity index is 0.00000156. The number of benzene rings is 10. The van der Waals surface area contributed by atoms with Gasteiger partial charge in [-0.1, -0.05) is 255 Å². The summed E-state index contributed by atoms with van der Waals surface area (Å²) in [7, 11) is 0. The predicted octanol–water partition coefficient (Wildman–Crippen LogP) is 4.94. The van der Waals surface area contributed by atoms with E-state index in [1.165, 1.54) is 11.1 Å². The number of rotatable bonds is 55. The summed E-state index contributed by atoms with van der Waals surface area (Å²) in [5.41, 5.74) is 8.89. The number of aliphatic hydroxyl groups excluding tert-OH is 24. The molecule has 8 unspecified atom stereocenters. The van der Waals surface area contributed by atoms with Crippen LogP contribution < -0.4 is 18.9 Å². The first kappa shape index (κ1) is 134. The molecule has 806 valence electrons. The van der Waals surface area contributed by atoms with Crippen molar-refractivity contribution < 1.29 is 175 Å². The first-order valence-electron chi connectivity index (χ1n) is 47.2. The van der Waals surface area contributed by atoms with Gasteiger partial charge in [-0.3, -0.25) is 0 Å². The Bertz CT molecular complexity index is 4310. The van der Waals surface area contributed by atoms with Crippen molar-refractivity contribution >= 4 is 0 Å². The van der Waals surface area contributed by atoms with E-state index in [2.05, 4.69) is 0 Å². The van der Waals surface area contributed by atoms with E-state index in [0.29, 0.717) is 49.4 Å². The monoisotopic (exact) mass is 2030 g/mol. The second kappa shape index (κ2) is 93.0. The van der Waals surface area contributed by atoms with E-state index >= 15 is 0 Å². The minimum Gasteiger partial charge on any atom is -0.491 e. The molecule has 0 radical (unpaired) electrons. The molecule has 0 saturated carbocycles. The molecule has 0 bridgehead atoms. The molecule has 0 aromatic heterocycles. The van der Waals surface area contributed by atoms with Crippen LogP contribution in [-0.2, 0) is 59.2 Å². The fourth-order valence-electron chi connectivity index (χ4n) is 10.8. The number of para-hydroxylation sites is 2. The SMILES string of the molecule is CC(OC(CO)CO)c1ccccc1.CCC(OCC(O)CO)c1ccccc1.Cc1ccc(OC(CO)CO)cc1.Cc1cccc(OC(CO)CO)c1.OCC(CO)OCCc1ccccc1.OCC(CO)OCc1ccccc1.OCC(CO)Oc1ccccc1.OCC(O)COCC(O)CO.OCC(O)COCCc1ccccc1.OCC(O)COCc1ccccc1.OCC(O)COc1ccccc1. The first-order chi connectivity index (χ1) is 69.8. The van der Waals surface area contributed by atoms with Crippen molar-refractivity contribution in [2.75, 3.05) is 172 Å². The van der Waals surface area contributed by atoms with Crippen LogP contribution in [0.4, 0.5) is 0 Å². The Hall–Kier alpha value is -9.84. The zero-order valence-electron chi connectivity index (χ0n) is 82.9. The fourth-order valence-corrected chi connectivity index (χ4v) is 10.8. The summed E-state index contributed by atoms with van der Waals surface area (Å²) in [4.78, 5) is 0. The van der Waals surface area contributed by atoms with Crippen molar-refractivity contribution in [3.63, 3.8) is 0 Å². The topological polar surface area (TPSA) is 587 Å². The molecule has 0 amide bonds. The molecule has 10 aromatic carbocycles. The highest BCUT2D eigenvalue weighted by Gasteiger charge is 2.17.